The van der Waals surface area contributed by atoms with E-state index in [9.17, 15) is 4.79 Å². The van der Waals surface area contributed by atoms with Gasteiger partial charge in [0.15, 0.2) is 0 Å². The second-order valence-electron chi connectivity index (χ2n) is 9.20. The minimum absolute atomic E-state index is 0.151. The van der Waals surface area contributed by atoms with E-state index in [1.165, 1.54) is 5.56 Å². The van der Waals surface area contributed by atoms with E-state index in [2.05, 4.69) is 26.0 Å². The fourth-order valence-electron chi connectivity index (χ4n) is 5.01. The van der Waals surface area contributed by atoms with Crippen LogP contribution >= 0.6 is 0 Å². The number of likely N-dealkylation sites (tertiary alicyclic amines) is 2. The lowest BCUT2D eigenvalue weighted by molar-refractivity contribution is -0.138. The van der Waals surface area contributed by atoms with Gasteiger partial charge in [-0.25, -0.2) is 0 Å². The van der Waals surface area contributed by atoms with Crippen molar-refractivity contribution in [3.63, 3.8) is 0 Å². The van der Waals surface area contributed by atoms with Gasteiger partial charge in [0.25, 0.3) is 0 Å². The predicted molar refractivity (Wildman–Crippen MR) is 131 cm³/mol. The van der Waals surface area contributed by atoms with E-state index in [1.807, 2.05) is 36.4 Å². The van der Waals surface area contributed by atoms with Crippen LogP contribution in [0.25, 0.3) is 0 Å². The molecule has 2 aromatic rings. The van der Waals surface area contributed by atoms with Gasteiger partial charge in [0.1, 0.15) is 12.8 Å². The standard InChI is InChI=1S/C26H35N5O2/c1-33-29-25(24-7-2-3-12-28-24)18-20-8-15-31(16-9-20)26(32)22-10-13-30(14-11-22)19-21-5-4-6-23(27)17-21/h2-7,12,17,20,22H,8-11,13-16,18-19,27H2,1H3/b29-25-. The third-order valence-electron chi connectivity index (χ3n) is 6.86. The lowest BCUT2D eigenvalue weighted by Gasteiger charge is -2.37. The monoisotopic (exact) mass is 449 g/mol. The van der Waals surface area contributed by atoms with Crippen LogP contribution in [0.5, 0.6) is 0 Å². The molecule has 0 atom stereocenters. The topological polar surface area (TPSA) is 84.0 Å². The highest BCUT2D eigenvalue weighted by molar-refractivity contribution is 5.98. The zero-order valence-corrected chi connectivity index (χ0v) is 19.5. The minimum atomic E-state index is 0.151. The van der Waals surface area contributed by atoms with E-state index in [-0.39, 0.29) is 5.92 Å². The summed E-state index contributed by atoms with van der Waals surface area (Å²) < 4.78 is 0. The zero-order chi connectivity index (χ0) is 23.0. The van der Waals surface area contributed by atoms with Gasteiger partial charge in [-0.1, -0.05) is 23.4 Å². The number of anilines is 1. The number of rotatable bonds is 7. The van der Waals surface area contributed by atoms with Crippen molar-refractivity contribution < 1.29 is 9.63 Å². The number of carbonyl (C=O) groups excluding carboxylic acids is 1. The molecule has 1 amide bonds. The summed E-state index contributed by atoms with van der Waals surface area (Å²) in [4.78, 5) is 27.2. The fraction of sp³-hybridized carbons (Fsp3) is 0.500. The third-order valence-corrected chi connectivity index (χ3v) is 6.86. The minimum Gasteiger partial charge on any atom is -0.399 e. The Labute approximate surface area is 196 Å². The highest BCUT2D eigenvalue weighted by Crippen LogP contribution is 2.27. The highest BCUT2D eigenvalue weighted by Gasteiger charge is 2.31. The van der Waals surface area contributed by atoms with E-state index >= 15 is 0 Å². The molecule has 0 unspecified atom stereocenters. The molecule has 4 rings (SSSR count). The Hall–Kier alpha value is -2.93. The number of aromatic nitrogens is 1. The molecule has 0 spiro atoms. The SMILES string of the molecule is CO/N=C(/CC1CCN(C(=O)C2CCN(Cc3cccc(N)c3)CC2)CC1)c1ccccn1. The average molecular weight is 450 g/mol. The summed E-state index contributed by atoms with van der Waals surface area (Å²) in [6.45, 7) is 4.48. The van der Waals surface area contributed by atoms with Crippen LogP contribution in [0.15, 0.2) is 53.8 Å². The Morgan fingerprint density at radius 1 is 1.09 bits per heavy atom. The van der Waals surface area contributed by atoms with Gasteiger partial charge in [-0.2, -0.15) is 0 Å². The quantitative estimate of drug-likeness (QED) is 0.397. The molecule has 0 radical (unpaired) electrons. The molecule has 0 saturated carbocycles. The number of nitrogen functional groups attached to an aromatic ring is 1. The molecule has 2 fully saturated rings. The van der Waals surface area contributed by atoms with Crippen LogP contribution in [-0.2, 0) is 16.2 Å². The van der Waals surface area contributed by atoms with E-state index in [1.54, 1.807) is 13.3 Å². The maximum Gasteiger partial charge on any atom is 0.225 e. The van der Waals surface area contributed by atoms with Crippen molar-refractivity contribution in [1.29, 1.82) is 0 Å². The first-order valence-electron chi connectivity index (χ1n) is 12.0. The number of benzene rings is 1. The number of nitrogens with two attached hydrogens (primary N) is 1. The summed E-state index contributed by atoms with van der Waals surface area (Å²) in [7, 11) is 1.57. The van der Waals surface area contributed by atoms with Crippen LogP contribution in [-0.4, -0.2) is 59.7 Å². The molecule has 2 saturated heterocycles. The number of hydrogen-bond acceptors (Lipinski definition) is 6. The second-order valence-corrected chi connectivity index (χ2v) is 9.20. The molecule has 2 aliphatic heterocycles. The largest absolute Gasteiger partial charge is 0.399 e. The molecule has 7 heteroatoms. The third kappa shape index (κ3) is 6.32. The van der Waals surface area contributed by atoms with Crippen molar-refractivity contribution >= 4 is 17.3 Å². The molecule has 1 aromatic heterocycles. The van der Waals surface area contributed by atoms with Gasteiger partial charge in [0.2, 0.25) is 5.91 Å². The maximum absolute atomic E-state index is 13.2. The number of carbonyl (C=O) groups is 1. The van der Waals surface area contributed by atoms with Gasteiger partial charge in [-0.15, -0.1) is 0 Å². The van der Waals surface area contributed by atoms with Gasteiger partial charge in [-0.3, -0.25) is 14.7 Å². The molecular formula is C26H35N5O2. The molecule has 176 valence electrons. The van der Waals surface area contributed by atoms with Gasteiger partial charge in [0.05, 0.1) is 5.69 Å². The Kier molecular flexibility index (Phi) is 7.94. The fourth-order valence-corrected chi connectivity index (χ4v) is 5.01. The van der Waals surface area contributed by atoms with E-state index < -0.39 is 0 Å². The normalized spacial score (nSPS) is 18.9. The van der Waals surface area contributed by atoms with Crippen LogP contribution in [0.1, 0.15) is 43.4 Å². The number of nitrogens with zero attached hydrogens (tertiary/aromatic N) is 4. The number of pyridine rings is 1. The van der Waals surface area contributed by atoms with Crippen molar-refractivity contribution in [3.05, 3.63) is 59.9 Å². The van der Waals surface area contributed by atoms with Crippen molar-refractivity contribution in [3.8, 4) is 0 Å². The summed E-state index contributed by atoms with van der Waals surface area (Å²) >= 11 is 0. The van der Waals surface area contributed by atoms with Gasteiger partial charge in [0, 0.05) is 37.4 Å². The van der Waals surface area contributed by atoms with E-state index in [4.69, 9.17) is 10.6 Å². The zero-order valence-electron chi connectivity index (χ0n) is 19.5. The second kappa shape index (κ2) is 11.3. The maximum atomic E-state index is 13.2. The van der Waals surface area contributed by atoms with Crippen LogP contribution in [0, 0.1) is 11.8 Å². The molecule has 2 N–H and O–H groups in total. The summed E-state index contributed by atoms with van der Waals surface area (Å²) in [5.41, 5.74) is 9.70. The van der Waals surface area contributed by atoms with Gasteiger partial charge >= 0.3 is 0 Å². The number of amides is 1. The summed E-state index contributed by atoms with van der Waals surface area (Å²) in [5.74, 6) is 0.982. The predicted octanol–water partition coefficient (Wildman–Crippen LogP) is 3.56. The van der Waals surface area contributed by atoms with E-state index in [0.717, 1.165) is 81.9 Å². The van der Waals surface area contributed by atoms with Gasteiger partial charge < -0.3 is 15.5 Å². The molecule has 33 heavy (non-hydrogen) atoms. The van der Waals surface area contributed by atoms with Crippen molar-refractivity contribution in [2.45, 2.75) is 38.6 Å². The number of oxime groups is 1. The van der Waals surface area contributed by atoms with Crippen LogP contribution in [0.3, 0.4) is 0 Å². The molecule has 0 aliphatic carbocycles. The van der Waals surface area contributed by atoms with Crippen LogP contribution < -0.4 is 5.73 Å². The average Bonchev–Trinajstić information content (AvgIpc) is 2.85. The summed E-state index contributed by atoms with van der Waals surface area (Å²) in [5, 5.41) is 4.22. The molecular weight excluding hydrogens is 414 g/mol. The van der Waals surface area contributed by atoms with Crippen molar-refractivity contribution in [2.75, 3.05) is 39.0 Å². The van der Waals surface area contributed by atoms with Crippen molar-refractivity contribution in [2.24, 2.45) is 17.0 Å². The number of hydrogen-bond donors (Lipinski definition) is 1. The lowest BCUT2D eigenvalue weighted by atomic mass is 9.88. The molecule has 0 bridgehead atoms. The Balaban J connectivity index is 1.23. The first-order chi connectivity index (χ1) is 16.1. The molecule has 1 aromatic carbocycles. The Morgan fingerprint density at radius 2 is 1.88 bits per heavy atom. The van der Waals surface area contributed by atoms with Crippen LogP contribution in [0.2, 0.25) is 0 Å². The molecule has 3 heterocycles. The summed E-state index contributed by atoms with van der Waals surface area (Å²) in [6, 6.07) is 13.9. The van der Waals surface area contributed by atoms with Gasteiger partial charge in [-0.05, 0) is 80.9 Å². The molecule has 7 nitrogen and oxygen atoms in total. The van der Waals surface area contributed by atoms with Crippen molar-refractivity contribution in [1.82, 2.24) is 14.8 Å². The lowest BCUT2D eigenvalue weighted by Crippen LogP contribution is -2.45. The first-order valence-corrected chi connectivity index (χ1v) is 12.0. The number of piperidine rings is 2. The summed E-state index contributed by atoms with van der Waals surface area (Å²) in [6.07, 6.45) is 6.47. The Bertz CT molecular complexity index is 933. The van der Waals surface area contributed by atoms with E-state index in [0.29, 0.717) is 11.8 Å². The van der Waals surface area contributed by atoms with Crippen LogP contribution in [0.4, 0.5) is 5.69 Å². The Morgan fingerprint density at radius 3 is 2.55 bits per heavy atom. The first kappa shape index (κ1) is 23.2. The highest BCUT2D eigenvalue weighted by atomic mass is 16.6. The smallest absolute Gasteiger partial charge is 0.225 e. The molecule has 2 aliphatic rings.